The van der Waals surface area contributed by atoms with Gasteiger partial charge in [-0.15, -0.1) is 0 Å². The van der Waals surface area contributed by atoms with Gasteiger partial charge in [0.05, 0.1) is 30.2 Å². The molecule has 0 bridgehead atoms. The number of amides is 1. The second-order valence-corrected chi connectivity index (χ2v) is 11.9. The van der Waals surface area contributed by atoms with Crippen molar-refractivity contribution in [2.75, 3.05) is 18.5 Å². The lowest BCUT2D eigenvalue weighted by molar-refractivity contribution is -0.127. The smallest absolute Gasteiger partial charge is 0.378 e. The fourth-order valence-corrected chi connectivity index (χ4v) is 5.41. The zero-order valence-electron chi connectivity index (χ0n) is 16.1. The predicted molar refractivity (Wildman–Crippen MR) is 100 cm³/mol. The number of nitrogens with one attached hydrogen (secondary N) is 1. The Labute approximate surface area is 164 Å². The zero-order chi connectivity index (χ0) is 22.4. The first-order valence-electron chi connectivity index (χ1n) is 8.33. The van der Waals surface area contributed by atoms with Crippen LogP contribution in [-0.2, 0) is 33.1 Å². The van der Waals surface area contributed by atoms with Crippen molar-refractivity contribution in [2.24, 2.45) is 5.92 Å². The zero-order valence-corrected chi connectivity index (χ0v) is 18.7. The molecule has 0 rings (SSSR count). The summed E-state index contributed by atoms with van der Waals surface area (Å²) in [6.45, 7) is 5.91. The highest BCUT2D eigenvalue weighted by molar-refractivity contribution is 7.85. The molecule has 5 N–H and O–H groups in total. The summed E-state index contributed by atoms with van der Waals surface area (Å²) < 4.78 is 62.2. The normalized spacial score (nSPS) is 17.6. The van der Waals surface area contributed by atoms with E-state index in [1.54, 1.807) is 13.8 Å². The number of rotatable bonds is 13. The number of carbonyl (C=O) groups excluding carboxylic acids is 1. The molecule has 28 heavy (non-hydrogen) atoms. The molecule has 168 valence electrons. The van der Waals surface area contributed by atoms with E-state index in [4.69, 9.17) is 19.1 Å². The van der Waals surface area contributed by atoms with Crippen LogP contribution >= 0.6 is 15.4 Å². The first kappa shape index (κ1) is 27.6. The summed E-state index contributed by atoms with van der Waals surface area (Å²) in [4.78, 5) is 38.8. The summed E-state index contributed by atoms with van der Waals surface area (Å²) >= 11 is 0. The molecule has 0 spiro atoms. The maximum atomic E-state index is 12.4. The molecule has 0 fully saturated rings. The van der Waals surface area contributed by atoms with Crippen molar-refractivity contribution in [3.05, 3.63) is 0 Å². The minimum atomic E-state index is -5.11. The molecule has 3 unspecified atom stereocenters. The Bertz CT molecular complexity index is 718. The third kappa shape index (κ3) is 13.8. The fourth-order valence-electron chi connectivity index (χ4n) is 2.43. The second-order valence-electron chi connectivity index (χ2n) is 7.05. The van der Waals surface area contributed by atoms with Gasteiger partial charge < -0.3 is 24.7 Å². The third-order valence-corrected chi connectivity index (χ3v) is 7.20. The molecule has 0 saturated heterocycles. The van der Waals surface area contributed by atoms with Crippen LogP contribution in [0.25, 0.3) is 0 Å². The quantitative estimate of drug-likeness (QED) is 0.190. The van der Waals surface area contributed by atoms with Crippen LogP contribution in [0.1, 0.15) is 40.5 Å². The SMILES string of the molecule is CCC(CC(C)OCCP(=O)(O)OP(=O)(O)O)C(=O)NC(C)(C)CS(=O)(=O)O. The molecule has 0 radical (unpaired) electrons. The Kier molecular flexibility index (Phi) is 10.5. The molecule has 1 amide bonds. The van der Waals surface area contributed by atoms with E-state index < -0.39 is 60.9 Å². The summed E-state index contributed by atoms with van der Waals surface area (Å²) in [6, 6.07) is 0. The predicted octanol–water partition coefficient (Wildman–Crippen LogP) is 0.885. The van der Waals surface area contributed by atoms with Crippen molar-refractivity contribution < 1.29 is 50.6 Å². The van der Waals surface area contributed by atoms with Crippen LogP contribution < -0.4 is 5.32 Å². The standard InChI is InChI=1S/C13H29NO11P2S/c1-5-11(12(15)14-13(3,4)9-28(21,22)23)8-10(2)24-6-7-26(16,17)25-27(18,19)20/h10-11H,5-9H2,1-4H3,(H,14,15)(H,16,17)(H2,18,19,20)(H,21,22,23). The summed E-state index contributed by atoms with van der Waals surface area (Å²) in [5.41, 5.74) is -1.19. The Morgan fingerprint density at radius 2 is 1.75 bits per heavy atom. The Morgan fingerprint density at radius 3 is 2.18 bits per heavy atom. The number of ether oxygens (including phenoxy) is 1. The first-order valence-corrected chi connectivity index (χ1v) is 13.2. The summed E-state index contributed by atoms with van der Waals surface area (Å²) in [6.07, 6.45) is -0.580. The average Bonchev–Trinajstić information content (AvgIpc) is 2.37. The fraction of sp³-hybridized carbons (Fsp3) is 0.923. The highest BCUT2D eigenvalue weighted by atomic mass is 32.2. The lowest BCUT2D eigenvalue weighted by Crippen LogP contribution is -2.50. The highest BCUT2D eigenvalue weighted by Crippen LogP contribution is 2.56. The van der Waals surface area contributed by atoms with E-state index in [2.05, 4.69) is 9.63 Å². The second kappa shape index (κ2) is 10.6. The monoisotopic (exact) mass is 469 g/mol. The van der Waals surface area contributed by atoms with Gasteiger partial charge in [0.2, 0.25) is 5.91 Å². The molecule has 0 aromatic rings. The van der Waals surface area contributed by atoms with E-state index >= 15 is 0 Å². The molecule has 12 nitrogen and oxygen atoms in total. The Morgan fingerprint density at radius 1 is 1.21 bits per heavy atom. The molecule has 0 aliphatic rings. The molecule has 0 heterocycles. The van der Waals surface area contributed by atoms with E-state index in [0.29, 0.717) is 6.42 Å². The molecule has 0 aromatic heterocycles. The van der Waals surface area contributed by atoms with Crippen molar-refractivity contribution in [1.29, 1.82) is 0 Å². The average molecular weight is 469 g/mol. The van der Waals surface area contributed by atoms with Crippen LogP contribution in [0, 0.1) is 5.92 Å². The third-order valence-electron chi connectivity index (χ3n) is 3.50. The van der Waals surface area contributed by atoms with E-state index in [9.17, 15) is 27.2 Å². The lowest BCUT2D eigenvalue weighted by Gasteiger charge is -2.28. The first-order chi connectivity index (χ1) is 12.4. The van der Waals surface area contributed by atoms with Gasteiger partial charge >= 0.3 is 15.4 Å². The molecular weight excluding hydrogens is 440 g/mol. The highest BCUT2D eigenvalue weighted by Gasteiger charge is 2.32. The van der Waals surface area contributed by atoms with Crippen LogP contribution in [0.4, 0.5) is 0 Å². The van der Waals surface area contributed by atoms with E-state index in [1.165, 1.54) is 13.8 Å². The van der Waals surface area contributed by atoms with Crippen molar-refractivity contribution in [3.8, 4) is 0 Å². The van der Waals surface area contributed by atoms with Gasteiger partial charge in [0.15, 0.2) is 0 Å². The number of hydrogen-bond donors (Lipinski definition) is 5. The molecule has 0 aromatic carbocycles. The van der Waals surface area contributed by atoms with Crippen LogP contribution in [0.5, 0.6) is 0 Å². The molecule has 15 heteroatoms. The van der Waals surface area contributed by atoms with Crippen molar-refractivity contribution in [1.82, 2.24) is 5.32 Å². The maximum absolute atomic E-state index is 12.4. The van der Waals surface area contributed by atoms with Gasteiger partial charge in [-0.1, -0.05) is 6.92 Å². The summed E-state index contributed by atoms with van der Waals surface area (Å²) in [7, 11) is -13.9. The van der Waals surface area contributed by atoms with Gasteiger partial charge in [0, 0.05) is 5.92 Å². The number of hydrogen-bond acceptors (Lipinski definition) is 7. The molecule has 0 aliphatic carbocycles. The van der Waals surface area contributed by atoms with Crippen molar-refractivity contribution in [3.63, 3.8) is 0 Å². The molecule has 0 aliphatic heterocycles. The molecule has 3 atom stereocenters. The van der Waals surface area contributed by atoms with Gasteiger partial charge in [-0.25, -0.2) is 8.88 Å². The van der Waals surface area contributed by atoms with Gasteiger partial charge in [0.1, 0.15) is 0 Å². The van der Waals surface area contributed by atoms with Gasteiger partial charge in [0.25, 0.3) is 10.1 Å². The largest absolute Gasteiger partial charge is 0.476 e. The van der Waals surface area contributed by atoms with E-state index in [1.807, 2.05) is 0 Å². The van der Waals surface area contributed by atoms with Crippen LogP contribution in [-0.4, -0.2) is 63.7 Å². The minimum Gasteiger partial charge on any atom is -0.378 e. The van der Waals surface area contributed by atoms with E-state index in [-0.39, 0.29) is 13.0 Å². The van der Waals surface area contributed by atoms with E-state index in [0.717, 1.165) is 0 Å². The summed E-state index contributed by atoms with van der Waals surface area (Å²) in [5.74, 6) is -1.65. The van der Waals surface area contributed by atoms with Crippen LogP contribution in [0.2, 0.25) is 0 Å². The van der Waals surface area contributed by atoms with Crippen LogP contribution in [0.3, 0.4) is 0 Å². The van der Waals surface area contributed by atoms with Gasteiger partial charge in [-0.3, -0.25) is 13.9 Å². The topological polar surface area (TPSA) is 197 Å². The number of phosphoric acid groups is 1. The molecular formula is C13H29NO11P2S. The van der Waals surface area contributed by atoms with Crippen molar-refractivity contribution >= 4 is 31.4 Å². The van der Waals surface area contributed by atoms with Gasteiger partial charge in [-0.05, 0) is 33.6 Å². The maximum Gasteiger partial charge on any atom is 0.476 e. The Balaban J connectivity index is 4.63. The summed E-state index contributed by atoms with van der Waals surface area (Å²) in [5, 5.41) is 2.55. The Hall–Kier alpha value is -0.360. The minimum absolute atomic E-state index is 0.208. The molecule has 0 saturated carbocycles. The van der Waals surface area contributed by atoms with Gasteiger partial charge in [-0.2, -0.15) is 8.42 Å². The van der Waals surface area contributed by atoms with Crippen LogP contribution in [0.15, 0.2) is 0 Å². The number of carbonyl (C=O) groups is 1. The lowest BCUT2D eigenvalue weighted by atomic mass is 9.96. The van der Waals surface area contributed by atoms with Crippen molar-refractivity contribution in [2.45, 2.75) is 52.2 Å².